The van der Waals surface area contributed by atoms with E-state index in [1.165, 1.54) is 5.69 Å². The average molecular weight is 496 g/mol. The first kappa shape index (κ1) is 22.1. The zero-order valence-electron chi connectivity index (χ0n) is 16.5. The molecule has 7 heteroatoms. The number of nitrogens with one attached hydrogen (secondary N) is 1. The highest BCUT2D eigenvalue weighted by molar-refractivity contribution is 14.0. The van der Waals surface area contributed by atoms with Crippen molar-refractivity contribution in [3.05, 3.63) is 54.1 Å². The topological polar surface area (TPSA) is 60.3 Å². The number of phenolic OH excluding ortho intramolecular Hbond substituents is 1. The number of guanidine groups is 1. The number of nitrogens with zero attached hydrogens (tertiary/aromatic N) is 3. The SMILES string of the molecule is CCNC(=NCc1ccc(OC)c(O)c1)N1CCN(c2ccccc2)CC1.I. The van der Waals surface area contributed by atoms with Gasteiger partial charge >= 0.3 is 0 Å². The van der Waals surface area contributed by atoms with Crippen LogP contribution in [0.2, 0.25) is 0 Å². The lowest BCUT2D eigenvalue weighted by Gasteiger charge is -2.37. The molecule has 6 nitrogen and oxygen atoms in total. The van der Waals surface area contributed by atoms with Crippen LogP contribution < -0.4 is 15.0 Å². The number of aliphatic imine (C=N–C) groups is 1. The summed E-state index contributed by atoms with van der Waals surface area (Å²) in [4.78, 5) is 9.47. The van der Waals surface area contributed by atoms with Gasteiger partial charge in [-0.05, 0) is 36.8 Å². The van der Waals surface area contributed by atoms with Crippen molar-refractivity contribution in [2.75, 3.05) is 44.7 Å². The fourth-order valence-electron chi connectivity index (χ4n) is 3.24. The zero-order valence-corrected chi connectivity index (χ0v) is 18.8. The Kier molecular flexibility index (Phi) is 8.69. The molecule has 1 aliphatic heterocycles. The molecule has 2 N–H and O–H groups in total. The minimum atomic E-state index is 0. The highest BCUT2D eigenvalue weighted by Gasteiger charge is 2.19. The number of para-hydroxylation sites is 1. The molecule has 1 fully saturated rings. The quantitative estimate of drug-likeness (QED) is 0.378. The van der Waals surface area contributed by atoms with Gasteiger partial charge in [0, 0.05) is 38.4 Å². The number of hydrogen-bond donors (Lipinski definition) is 2. The fraction of sp³-hybridized carbons (Fsp3) is 0.381. The number of piperazine rings is 1. The Bertz CT molecular complexity index is 762. The van der Waals surface area contributed by atoms with Gasteiger partial charge in [-0.25, -0.2) is 4.99 Å². The van der Waals surface area contributed by atoms with E-state index >= 15 is 0 Å². The standard InChI is InChI=1S/C21H28N4O2.HI/c1-3-22-21(23-16-17-9-10-20(27-2)19(26)15-17)25-13-11-24(12-14-25)18-7-5-4-6-8-18;/h4-10,15,26H,3,11-14,16H2,1-2H3,(H,22,23);1H. The monoisotopic (exact) mass is 496 g/mol. The maximum atomic E-state index is 9.94. The van der Waals surface area contributed by atoms with Gasteiger partial charge in [0.1, 0.15) is 0 Å². The molecule has 1 heterocycles. The Morgan fingerprint density at radius 3 is 2.43 bits per heavy atom. The number of halogens is 1. The summed E-state index contributed by atoms with van der Waals surface area (Å²) in [5.41, 5.74) is 2.22. The van der Waals surface area contributed by atoms with E-state index in [1.54, 1.807) is 19.2 Å². The molecule has 0 amide bonds. The van der Waals surface area contributed by atoms with Crippen LogP contribution in [0.1, 0.15) is 12.5 Å². The van der Waals surface area contributed by atoms with Crippen LogP contribution in [0, 0.1) is 0 Å². The van der Waals surface area contributed by atoms with Crippen LogP contribution in [-0.2, 0) is 6.54 Å². The van der Waals surface area contributed by atoms with Crippen LogP contribution in [0.3, 0.4) is 0 Å². The number of benzene rings is 2. The lowest BCUT2D eigenvalue weighted by Crippen LogP contribution is -2.52. The molecule has 2 aromatic carbocycles. The first-order valence-corrected chi connectivity index (χ1v) is 9.40. The molecule has 152 valence electrons. The van der Waals surface area contributed by atoms with Crippen LogP contribution in [0.4, 0.5) is 5.69 Å². The Labute approximate surface area is 184 Å². The summed E-state index contributed by atoms with van der Waals surface area (Å²) in [5.74, 6) is 1.54. The third-order valence-electron chi connectivity index (χ3n) is 4.69. The molecule has 0 aromatic heterocycles. The second-order valence-electron chi connectivity index (χ2n) is 6.49. The van der Waals surface area contributed by atoms with Gasteiger partial charge in [0.25, 0.3) is 0 Å². The molecule has 0 saturated carbocycles. The van der Waals surface area contributed by atoms with Gasteiger partial charge in [-0.2, -0.15) is 0 Å². The van der Waals surface area contributed by atoms with E-state index < -0.39 is 0 Å². The third-order valence-corrected chi connectivity index (χ3v) is 4.69. The molecule has 2 aromatic rings. The lowest BCUT2D eigenvalue weighted by molar-refractivity contribution is 0.371. The second-order valence-corrected chi connectivity index (χ2v) is 6.49. The van der Waals surface area contributed by atoms with Crippen molar-refractivity contribution < 1.29 is 9.84 Å². The molecule has 0 bridgehead atoms. The van der Waals surface area contributed by atoms with Crippen molar-refractivity contribution in [1.29, 1.82) is 0 Å². The highest BCUT2D eigenvalue weighted by atomic mass is 127. The predicted molar refractivity (Wildman–Crippen MR) is 125 cm³/mol. The first-order chi connectivity index (χ1) is 13.2. The molecule has 0 aliphatic carbocycles. The first-order valence-electron chi connectivity index (χ1n) is 9.40. The maximum Gasteiger partial charge on any atom is 0.194 e. The number of hydrogen-bond acceptors (Lipinski definition) is 4. The number of anilines is 1. The number of aromatic hydroxyl groups is 1. The molecular formula is C21H29IN4O2. The molecule has 0 unspecified atom stereocenters. The van der Waals surface area contributed by atoms with Crippen LogP contribution in [-0.4, -0.2) is 55.8 Å². The molecule has 28 heavy (non-hydrogen) atoms. The van der Waals surface area contributed by atoms with Gasteiger partial charge in [-0.1, -0.05) is 24.3 Å². The molecule has 1 saturated heterocycles. The van der Waals surface area contributed by atoms with E-state index in [2.05, 4.69) is 46.3 Å². The summed E-state index contributed by atoms with van der Waals surface area (Å²) >= 11 is 0. The molecule has 0 radical (unpaired) electrons. The number of methoxy groups -OCH3 is 1. The summed E-state index contributed by atoms with van der Waals surface area (Å²) in [5, 5.41) is 13.3. The van der Waals surface area contributed by atoms with E-state index in [-0.39, 0.29) is 29.7 Å². The highest BCUT2D eigenvalue weighted by Crippen LogP contribution is 2.26. The molecule has 3 rings (SSSR count). The van der Waals surface area contributed by atoms with Crippen molar-refractivity contribution in [3.8, 4) is 11.5 Å². The normalized spacial score (nSPS) is 14.4. The van der Waals surface area contributed by atoms with Gasteiger partial charge in [-0.3, -0.25) is 0 Å². The van der Waals surface area contributed by atoms with E-state index in [0.29, 0.717) is 12.3 Å². The van der Waals surface area contributed by atoms with Gasteiger partial charge in [0.2, 0.25) is 0 Å². The zero-order chi connectivity index (χ0) is 19.1. The smallest absolute Gasteiger partial charge is 0.194 e. The van der Waals surface area contributed by atoms with Crippen LogP contribution in [0.15, 0.2) is 53.5 Å². The summed E-state index contributed by atoms with van der Waals surface area (Å²) < 4.78 is 5.09. The second kappa shape index (κ2) is 11.0. The largest absolute Gasteiger partial charge is 0.504 e. The Morgan fingerprint density at radius 2 is 1.82 bits per heavy atom. The summed E-state index contributed by atoms with van der Waals surface area (Å²) in [6, 6.07) is 15.9. The third kappa shape index (κ3) is 5.67. The minimum absolute atomic E-state index is 0. The van der Waals surface area contributed by atoms with E-state index in [9.17, 15) is 5.11 Å². The predicted octanol–water partition coefficient (Wildman–Crippen LogP) is 3.31. The van der Waals surface area contributed by atoms with Crippen LogP contribution in [0.25, 0.3) is 0 Å². The van der Waals surface area contributed by atoms with Crippen molar-refractivity contribution >= 4 is 35.6 Å². The maximum absolute atomic E-state index is 9.94. The minimum Gasteiger partial charge on any atom is -0.504 e. The summed E-state index contributed by atoms with van der Waals surface area (Å²) in [6.45, 7) is 7.21. The van der Waals surface area contributed by atoms with E-state index in [4.69, 9.17) is 9.73 Å². The fourth-order valence-corrected chi connectivity index (χ4v) is 3.24. The Balaban J connectivity index is 0.00000280. The lowest BCUT2D eigenvalue weighted by atomic mass is 10.2. The van der Waals surface area contributed by atoms with Crippen molar-refractivity contribution in [3.63, 3.8) is 0 Å². The molecule has 0 spiro atoms. The van der Waals surface area contributed by atoms with Gasteiger partial charge in [0.15, 0.2) is 17.5 Å². The Hall–Kier alpha value is -2.16. The number of phenols is 1. The summed E-state index contributed by atoms with van der Waals surface area (Å²) in [7, 11) is 1.55. The molecular weight excluding hydrogens is 467 g/mol. The van der Waals surface area contributed by atoms with Gasteiger partial charge in [0.05, 0.1) is 13.7 Å². The number of rotatable bonds is 5. The van der Waals surface area contributed by atoms with Crippen molar-refractivity contribution in [2.24, 2.45) is 4.99 Å². The summed E-state index contributed by atoms with van der Waals surface area (Å²) in [6.07, 6.45) is 0. The molecule has 1 aliphatic rings. The van der Waals surface area contributed by atoms with Gasteiger partial charge in [-0.15, -0.1) is 24.0 Å². The number of ether oxygens (including phenoxy) is 1. The van der Waals surface area contributed by atoms with Crippen molar-refractivity contribution in [1.82, 2.24) is 10.2 Å². The van der Waals surface area contributed by atoms with E-state index in [0.717, 1.165) is 44.2 Å². The van der Waals surface area contributed by atoms with E-state index in [1.807, 2.05) is 12.1 Å². The van der Waals surface area contributed by atoms with Crippen LogP contribution >= 0.6 is 24.0 Å². The molecule has 0 atom stereocenters. The average Bonchev–Trinajstić information content (AvgIpc) is 2.72. The van der Waals surface area contributed by atoms with Crippen molar-refractivity contribution in [2.45, 2.75) is 13.5 Å². The van der Waals surface area contributed by atoms with Crippen LogP contribution in [0.5, 0.6) is 11.5 Å². The van der Waals surface area contributed by atoms with Gasteiger partial charge < -0.3 is 25.0 Å². The Morgan fingerprint density at radius 1 is 1.11 bits per heavy atom.